The summed E-state index contributed by atoms with van der Waals surface area (Å²) in [6.45, 7) is 12.1. The van der Waals surface area contributed by atoms with Crippen LogP contribution in [0.1, 0.15) is 60.1 Å². The van der Waals surface area contributed by atoms with Gasteiger partial charge in [0, 0.05) is 23.5 Å². The zero-order valence-corrected chi connectivity index (χ0v) is 25.5. The predicted molar refractivity (Wildman–Crippen MR) is 160 cm³/mol. The van der Waals surface area contributed by atoms with Gasteiger partial charge in [0.15, 0.2) is 5.65 Å². The van der Waals surface area contributed by atoms with Crippen LogP contribution in [0.25, 0.3) is 28.0 Å². The average molecular weight is 601 g/mol. The number of amides is 2. The second-order valence-electron chi connectivity index (χ2n) is 12.2. The Balaban J connectivity index is 1.43. The largest absolute Gasteiger partial charge is 0.443 e. The van der Waals surface area contributed by atoms with Crippen LogP contribution in [0.3, 0.4) is 0 Å². The molecular formula is C31H33FN8O4. The monoisotopic (exact) mass is 600 g/mol. The van der Waals surface area contributed by atoms with Gasteiger partial charge in [0.05, 0.1) is 24.1 Å². The van der Waals surface area contributed by atoms with Crippen molar-refractivity contribution in [2.45, 2.75) is 65.7 Å². The van der Waals surface area contributed by atoms with Crippen molar-refractivity contribution < 1.29 is 23.5 Å². The van der Waals surface area contributed by atoms with Gasteiger partial charge in [0.2, 0.25) is 0 Å². The highest BCUT2D eigenvalue weighted by Gasteiger charge is 2.35. The predicted octanol–water partition coefficient (Wildman–Crippen LogP) is 6.47. The molecule has 13 heteroatoms. The van der Waals surface area contributed by atoms with Gasteiger partial charge in [-0.25, -0.2) is 18.5 Å². The smallest absolute Gasteiger partial charge is 0.427 e. The second kappa shape index (κ2) is 11.5. The molecule has 0 N–H and O–H groups in total. The number of aromatic nitrogens is 7. The van der Waals surface area contributed by atoms with Crippen LogP contribution in [0.2, 0.25) is 0 Å². The highest BCUT2D eigenvalue weighted by Crippen LogP contribution is 2.27. The van der Waals surface area contributed by atoms with Crippen LogP contribution in [0.5, 0.6) is 0 Å². The van der Waals surface area contributed by atoms with Gasteiger partial charge in [-0.3, -0.25) is 4.68 Å². The Labute approximate surface area is 253 Å². The van der Waals surface area contributed by atoms with E-state index >= 15 is 0 Å². The van der Waals surface area contributed by atoms with Gasteiger partial charge >= 0.3 is 12.2 Å². The van der Waals surface area contributed by atoms with Gasteiger partial charge in [-0.1, -0.05) is 12.1 Å². The first-order valence-electron chi connectivity index (χ1n) is 13.9. The van der Waals surface area contributed by atoms with Gasteiger partial charge in [-0.05, 0) is 89.9 Å². The highest BCUT2D eigenvalue weighted by atomic mass is 19.1. The molecule has 0 saturated carbocycles. The molecular weight excluding hydrogens is 567 g/mol. The Morgan fingerprint density at radius 2 is 1.55 bits per heavy atom. The Morgan fingerprint density at radius 3 is 2.18 bits per heavy atom. The molecule has 5 rings (SSSR count). The van der Waals surface area contributed by atoms with Crippen LogP contribution < -0.4 is 4.90 Å². The van der Waals surface area contributed by atoms with E-state index in [-0.39, 0.29) is 17.8 Å². The van der Waals surface area contributed by atoms with Crippen LogP contribution in [0.15, 0.2) is 67.3 Å². The maximum absolute atomic E-state index is 13.4. The topological polar surface area (TPSA) is 130 Å². The molecule has 12 nitrogen and oxygen atoms in total. The number of fused-ring (bicyclic) bond motifs is 1. The molecule has 4 aromatic heterocycles. The highest BCUT2D eigenvalue weighted by molar-refractivity contribution is 6.08. The summed E-state index contributed by atoms with van der Waals surface area (Å²) in [6, 6.07) is 11.6. The van der Waals surface area contributed by atoms with E-state index in [0.717, 1.165) is 22.3 Å². The number of imide groups is 1. The normalized spacial score (nSPS) is 12.6. The molecule has 44 heavy (non-hydrogen) atoms. The first-order valence-corrected chi connectivity index (χ1v) is 13.9. The van der Waals surface area contributed by atoms with E-state index in [1.807, 2.05) is 19.2 Å². The number of ether oxygens (including phenoxy) is 2. The van der Waals surface area contributed by atoms with Crippen molar-refractivity contribution in [2.24, 2.45) is 0 Å². The lowest BCUT2D eigenvalue weighted by Gasteiger charge is -2.26. The summed E-state index contributed by atoms with van der Waals surface area (Å²) in [5.41, 5.74) is 2.40. The van der Waals surface area contributed by atoms with Gasteiger partial charge in [-0.2, -0.15) is 20.3 Å². The lowest BCUT2D eigenvalue weighted by molar-refractivity contribution is 0.0427. The fourth-order valence-corrected chi connectivity index (χ4v) is 4.24. The molecule has 5 aromatic rings. The van der Waals surface area contributed by atoms with E-state index in [1.165, 1.54) is 16.6 Å². The molecule has 228 valence electrons. The second-order valence-corrected chi connectivity index (χ2v) is 12.2. The first-order chi connectivity index (χ1) is 20.7. The standard InChI is InChI=1S/C31H33FN8O4/c1-19(20-8-10-24(32)11-9-20)39-18-23(17-34-39)25-14-22(16-33-36-25)21-12-13-38-26(15-21)35-27(37-38)40(28(41)43-30(2,3)4)29(42)44-31(5,6)7/h8-19H,1-7H3. The van der Waals surface area contributed by atoms with Gasteiger partial charge in [0.1, 0.15) is 17.0 Å². The number of nitrogens with zero attached hydrogens (tertiary/aromatic N) is 8. The third-order valence-corrected chi connectivity index (χ3v) is 6.31. The molecule has 0 aliphatic rings. The van der Waals surface area contributed by atoms with Crippen LogP contribution in [-0.4, -0.2) is 58.0 Å². The summed E-state index contributed by atoms with van der Waals surface area (Å²) < 4.78 is 27.5. The van der Waals surface area contributed by atoms with Crippen LogP contribution in [-0.2, 0) is 9.47 Å². The van der Waals surface area contributed by atoms with Crippen molar-refractivity contribution >= 4 is 23.8 Å². The fraction of sp³-hybridized carbons (Fsp3) is 0.323. The van der Waals surface area contributed by atoms with Crippen LogP contribution in [0, 0.1) is 5.82 Å². The summed E-state index contributed by atoms with van der Waals surface area (Å²) >= 11 is 0. The number of hydrogen-bond donors (Lipinski definition) is 0. The van der Waals surface area contributed by atoms with Gasteiger partial charge in [-0.15, -0.1) is 10.00 Å². The van der Waals surface area contributed by atoms with E-state index < -0.39 is 23.4 Å². The molecule has 0 spiro atoms. The average Bonchev–Trinajstić information content (AvgIpc) is 3.58. The molecule has 2 amide bonds. The first kappa shape index (κ1) is 30.3. The Bertz CT molecular complexity index is 1790. The van der Waals surface area contributed by atoms with E-state index in [2.05, 4.69) is 25.4 Å². The van der Waals surface area contributed by atoms with Crippen molar-refractivity contribution in [3.8, 4) is 22.4 Å². The number of halogens is 1. The number of carbonyl (C=O) groups excluding carboxylic acids is 2. The number of carbonyl (C=O) groups is 2. The maximum Gasteiger partial charge on any atom is 0.427 e. The van der Waals surface area contributed by atoms with Crippen molar-refractivity contribution in [3.05, 3.63) is 78.6 Å². The van der Waals surface area contributed by atoms with Crippen LogP contribution >= 0.6 is 0 Å². The molecule has 4 heterocycles. The quantitative estimate of drug-likeness (QED) is 0.223. The minimum atomic E-state index is -0.958. The van der Waals surface area contributed by atoms with Crippen LogP contribution in [0.4, 0.5) is 19.9 Å². The van der Waals surface area contributed by atoms with E-state index in [0.29, 0.717) is 16.2 Å². The van der Waals surface area contributed by atoms with E-state index in [9.17, 15) is 14.0 Å². The molecule has 0 aliphatic heterocycles. The van der Waals surface area contributed by atoms with E-state index in [1.54, 1.807) is 89.1 Å². The number of rotatable bonds is 5. The Kier molecular flexibility index (Phi) is 7.89. The van der Waals surface area contributed by atoms with Crippen molar-refractivity contribution in [3.63, 3.8) is 0 Å². The molecule has 1 atom stereocenters. The maximum atomic E-state index is 13.4. The van der Waals surface area contributed by atoms with Crippen molar-refractivity contribution in [2.75, 3.05) is 4.90 Å². The minimum Gasteiger partial charge on any atom is -0.443 e. The molecule has 0 aliphatic carbocycles. The summed E-state index contributed by atoms with van der Waals surface area (Å²) in [5, 5.41) is 17.3. The molecule has 0 fully saturated rings. The van der Waals surface area contributed by atoms with Gasteiger partial charge < -0.3 is 9.47 Å². The lowest BCUT2D eigenvalue weighted by Crippen LogP contribution is -2.44. The third kappa shape index (κ3) is 6.88. The molecule has 1 unspecified atom stereocenters. The van der Waals surface area contributed by atoms with Crippen molar-refractivity contribution in [1.82, 2.24) is 34.6 Å². The van der Waals surface area contributed by atoms with Gasteiger partial charge in [0.25, 0.3) is 5.95 Å². The summed E-state index contributed by atoms with van der Waals surface area (Å²) in [7, 11) is 0. The molecule has 1 aromatic carbocycles. The zero-order valence-electron chi connectivity index (χ0n) is 25.5. The number of pyridine rings is 1. The summed E-state index contributed by atoms with van der Waals surface area (Å²) in [5.74, 6) is -0.486. The SMILES string of the molecule is CC(c1ccc(F)cc1)n1cc(-c2cc(-c3ccn4nc(N(C(=O)OC(C)(C)C)C(=O)OC(C)(C)C)nc4c3)cnn2)cn1. The Morgan fingerprint density at radius 1 is 0.886 bits per heavy atom. The van der Waals surface area contributed by atoms with Crippen molar-refractivity contribution in [1.29, 1.82) is 0 Å². The number of hydrogen-bond acceptors (Lipinski definition) is 9. The summed E-state index contributed by atoms with van der Waals surface area (Å²) in [6.07, 6.45) is 4.92. The number of anilines is 1. The molecule has 0 radical (unpaired) electrons. The molecule has 0 saturated heterocycles. The van der Waals surface area contributed by atoms with E-state index in [4.69, 9.17) is 9.47 Å². The minimum absolute atomic E-state index is 0.119. The lowest BCUT2D eigenvalue weighted by atomic mass is 10.1. The zero-order chi connectivity index (χ0) is 31.8. The third-order valence-electron chi connectivity index (χ3n) is 6.31. The number of benzene rings is 1. The Hall–Kier alpha value is -5.20. The fourth-order valence-electron chi connectivity index (χ4n) is 4.24. The summed E-state index contributed by atoms with van der Waals surface area (Å²) in [4.78, 5) is 31.2. The molecule has 0 bridgehead atoms.